The summed E-state index contributed by atoms with van der Waals surface area (Å²) in [5.41, 5.74) is -0.751. The minimum atomic E-state index is -0.789. The Balaban J connectivity index is 2.96. The van der Waals surface area contributed by atoms with E-state index in [1.54, 1.807) is 34.6 Å². The van der Waals surface area contributed by atoms with E-state index in [2.05, 4.69) is 0 Å². The maximum atomic E-state index is 12.3. The van der Waals surface area contributed by atoms with Crippen LogP contribution in [0.3, 0.4) is 0 Å². The molecule has 0 saturated carbocycles. The van der Waals surface area contributed by atoms with Gasteiger partial charge in [-0.15, -0.1) is 0 Å². The van der Waals surface area contributed by atoms with Gasteiger partial charge in [-0.2, -0.15) is 0 Å². The van der Waals surface area contributed by atoms with Crippen molar-refractivity contribution in [2.24, 2.45) is 11.8 Å². The second-order valence-corrected chi connectivity index (χ2v) is 6.51. The van der Waals surface area contributed by atoms with Crippen molar-refractivity contribution in [3.8, 4) is 0 Å². The van der Waals surface area contributed by atoms with Gasteiger partial charge in [0.05, 0.1) is 12.0 Å². The van der Waals surface area contributed by atoms with Crippen molar-refractivity contribution in [2.45, 2.75) is 59.3 Å². The Morgan fingerprint density at radius 1 is 1.27 bits per heavy atom. The zero-order valence-electron chi connectivity index (χ0n) is 13.8. The molecule has 22 heavy (non-hydrogen) atoms. The summed E-state index contributed by atoms with van der Waals surface area (Å²) in [6.07, 6.45) is -0.833. The first kappa shape index (κ1) is 18.1. The fraction of sp³-hybridized carbons (Fsp3) is 0.733. The first-order chi connectivity index (χ1) is 9.99. The van der Waals surface area contributed by atoms with Crippen LogP contribution in [0.4, 0.5) is 4.79 Å². The van der Waals surface area contributed by atoms with Crippen molar-refractivity contribution in [1.29, 1.82) is 0 Å². The predicted molar refractivity (Wildman–Crippen MR) is 76.8 cm³/mol. The highest BCUT2D eigenvalue weighted by molar-refractivity contribution is 6.00. The van der Waals surface area contributed by atoms with E-state index in [1.165, 1.54) is 6.92 Å². The first-order valence-electron chi connectivity index (χ1n) is 7.18. The zero-order chi connectivity index (χ0) is 17.2. The van der Waals surface area contributed by atoms with Crippen LogP contribution >= 0.6 is 0 Å². The summed E-state index contributed by atoms with van der Waals surface area (Å²) in [5, 5.41) is 0. The molecule has 1 fully saturated rings. The van der Waals surface area contributed by atoms with Gasteiger partial charge in [0.1, 0.15) is 18.0 Å². The SMILES string of the molecule is CC(=O)O[C@H](C)[C@H]1C(=O)N(C(=O)OC(C)(C)C)[C@@H]1[C@H](C)C=O. The lowest BCUT2D eigenvalue weighted by Crippen LogP contribution is -2.69. The number of nitrogens with zero attached hydrogens (tertiary/aromatic N) is 1. The molecule has 7 nitrogen and oxygen atoms in total. The summed E-state index contributed by atoms with van der Waals surface area (Å²) in [7, 11) is 0. The van der Waals surface area contributed by atoms with Gasteiger partial charge in [-0.05, 0) is 27.7 Å². The summed E-state index contributed by atoms with van der Waals surface area (Å²) >= 11 is 0. The van der Waals surface area contributed by atoms with E-state index in [4.69, 9.17) is 9.47 Å². The summed E-state index contributed by atoms with van der Waals surface area (Å²) < 4.78 is 10.2. The van der Waals surface area contributed by atoms with Gasteiger partial charge in [0.2, 0.25) is 5.91 Å². The van der Waals surface area contributed by atoms with Crippen molar-refractivity contribution in [3.05, 3.63) is 0 Å². The fourth-order valence-corrected chi connectivity index (χ4v) is 2.51. The van der Waals surface area contributed by atoms with Gasteiger partial charge < -0.3 is 14.3 Å². The molecule has 2 amide bonds. The van der Waals surface area contributed by atoms with Gasteiger partial charge >= 0.3 is 12.1 Å². The van der Waals surface area contributed by atoms with E-state index in [0.29, 0.717) is 6.29 Å². The molecule has 1 aliphatic heterocycles. The number of ether oxygens (including phenoxy) is 2. The Morgan fingerprint density at radius 2 is 1.82 bits per heavy atom. The Kier molecular flexibility index (Phi) is 5.32. The molecule has 0 bridgehead atoms. The summed E-state index contributed by atoms with van der Waals surface area (Å²) in [5.74, 6) is -2.32. The van der Waals surface area contributed by atoms with E-state index < -0.39 is 47.6 Å². The maximum Gasteiger partial charge on any atom is 0.417 e. The molecule has 1 saturated heterocycles. The standard InChI is InChI=1S/C15H23NO6/c1-8(7-17)12-11(9(2)21-10(3)18)13(19)16(12)14(20)22-15(4,5)6/h7-9,11-12H,1-6H3/t8-,9-,11-,12-/m1/s1. The topological polar surface area (TPSA) is 90.0 Å². The lowest BCUT2D eigenvalue weighted by molar-refractivity contribution is -0.172. The molecule has 124 valence electrons. The number of aldehydes is 1. The Labute approximate surface area is 129 Å². The third-order valence-corrected chi connectivity index (χ3v) is 3.39. The van der Waals surface area contributed by atoms with Gasteiger partial charge in [-0.25, -0.2) is 9.69 Å². The molecule has 1 heterocycles. The molecule has 0 unspecified atom stereocenters. The third kappa shape index (κ3) is 3.84. The van der Waals surface area contributed by atoms with Crippen LogP contribution in [-0.4, -0.2) is 46.9 Å². The normalized spacial score (nSPS) is 24.1. The number of β-lactam (4-membered cyclic amide) rings is 1. The lowest BCUT2D eigenvalue weighted by atomic mass is 9.77. The molecule has 7 heteroatoms. The number of likely N-dealkylation sites (tertiary alicyclic amines) is 1. The lowest BCUT2D eigenvalue weighted by Gasteiger charge is -2.48. The van der Waals surface area contributed by atoms with Crippen LogP contribution < -0.4 is 0 Å². The zero-order valence-corrected chi connectivity index (χ0v) is 13.8. The van der Waals surface area contributed by atoms with E-state index in [9.17, 15) is 19.2 Å². The fourth-order valence-electron chi connectivity index (χ4n) is 2.51. The van der Waals surface area contributed by atoms with Crippen LogP contribution in [0.1, 0.15) is 41.5 Å². The first-order valence-corrected chi connectivity index (χ1v) is 7.18. The molecule has 0 radical (unpaired) electrons. The van der Waals surface area contributed by atoms with E-state index >= 15 is 0 Å². The van der Waals surface area contributed by atoms with Crippen molar-refractivity contribution >= 4 is 24.3 Å². The molecule has 4 atom stereocenters. The van der Waals surface area contributed by atoms with Gasteiger partial charge in [0.15, 0.2) is 0 Å². The van der Waals surface area contributed by atoms with Crippen molar-refractivity contribution in [1.82, 2.24) is 4.90 Å². The Bertz CT molecular complexity index is 481. The molecule has 0 aromatic carbocycles. The number of hydrogen-bond acceptors (Lipinski definition) is 6. The van der Waals surface area contributed by atoms with Crippen molar-refractivity contribution in [3.63, 3.8) is 0 Å². The van der Waals surface area contributed by atoms with Crippen molar-refractivity contribution < 1.29 is 28.7 Å². The minimum Gasteiger partial charge on any atom is -0.462 e. The molecule has 0 spiro atoms. The largest absolute Gasteiger partial charge is 0.462 e. The minimum absolute atomic E-state index is 0.498. The van der Waals surface area contributed by atoms with Crippen LogP contribution in [0.5, 0.6) is 0 Å². The molecular weight excluding hydrogens is 290 g/mol. The van der Waals surface area contributed by atoms with E-state index in [-0.39, 0.29) is 0 Å². The summed E-state index contributed by atoms with van der Waals surface area (Å²) in [6, 6.07) is -0.672. The number of rotatable bonds is 4. The molecule has 0 aromatic heterocycles. The van der Waals surface area contributed by atoms with Crippen LogP contribution in [0.15, 0.2) is 0 Å². The average molecular weight is 313 g/mol. The molecular formula is C15H23NO6. The van der Waals surface area contributed by atoms with Gasteiger partial charge in [-0.1, -0.05) is 6.92 Å². The second kappa shape index (κ2) is 6.46. The van der Waals surface area contributed by atoms with Gasteiger partial charge in [0.25, 0.3) is 0 Å². The highest BCUT2D eigenvalue weighted by Gasteiger charge is 2.57. The molecule has 1 rings (SSSR count). The number of hydrogen-bond donors (Lipinski definition) is 0. The number of carbonyl (C=O) groups is 4. The van der Waals surface area contributed by atoms with Crippen molar-refractivity contribution in [2.75, 3.05) is 0 Å². The quantitative estimate of drug-likeness (QED) is 0.444. The number of imide groups is 1. The Morgan fingerprint density at radius 3 is 2.23 bits per heavy atom. The molecule has 0 N–H and O–H groups in total. The smallest absolute Gasteiger partial charge is 0.417 e. The molecule has 1 aliphatic rings. The summed E-state index contributed by atoms with van der Waals surface area (Å²) in [6.45, 7) is 9.48. The average Bonchev–Trinajstić information content (AvgIpc) is 2.31. The van der Waals surface area contributed by atoms with E-state index in [1.807, 2.05) is 0 Å². The van der Waals surface area contributed by atoms with Gasteiger partial charge in [0, 0.05) is 12.8 Å². The van der Waals surface area contributed by atoms with Crippen LogP contribution in [0.2, 0.25) is 0 Å². The monoisotopic (exact) mass is 313 g/mol. The summed E-state index contributed by atoms with van der Waals surface area (Å²) in [4.78, 5) is 47.5. The maximum absolute atomic E-state index is 12.3. The number of carbonyl (C=O) groups excluding carboxylic acids is 4. The van der Waals surface area contributed by atoms with Crippen LogP contribution in [-0.2, 0) is 23.9 Å². The van der Waals surface area contributed by atoms with Crippen LogP contribution in [0, 0.1) is 11.8 Å². The Hall–Kier alpha value is -1.92. The van der Waals surface area contributed by atoms with E-state index in [0.717, 1.165) is 4.90 Å². The number of esters is 1. The number of amides is 2. The highest BCUT2D eigenvalue weighted by atomic mass is 16.6. The molecule has 0 aromatic rings. The van der Waals surface area contributed by atoms with Crippen LogP contribution in [0.25, 0.3) is 0 Å². The second-order valence-electron chi connectivity index (χ2n) is 6.51. The molecule has 0 aliphatic carbocycles. The highest BCUT2D eigenvalue weighted by Crippen LogP contribution is 2.36. The predicted octanol–water partition coefficient (Wildman–Crippen LogP) is 1.54. The van der Waals surface area contributed by atoms with Gasteiger partial charge in [-0.3, -0.25) is 9.59 Å². The third-order valence-electron chi connectivity index (χ3n) is 3.39.